The first-order chi connectivity index (χ1) is 7.83. The molecule has 96 valence electrons. The monoisotopic (exact) mass is 255 g/mol. The second-order valence-electron chi connectivity index (χ2n) is 4.66. The molecular weight excluding hydrogens is 234 g/mol. The highest BCUT2D eigenvalue weighted by Crippen LogP contribution is 2.21. The summed E-state index contributed by atoms with van der Waals surface area (Å²) in [5, 5.41) is 12.7. The second-order valence-corrected chi connectivity index (χ2v) is 4.66. The lowest BCUT2D eigenvalue weighted by atomic mass is 9.88. The number of aliphatic hydroxyl groups is 1. The summed E-state index contributed by atoms with van der Waals surface area (Å²) in [5.41, 5.74) is 2.97. The third-order valence-corrected chi connectivity index (χ3v) is 3.53. The maximum Gasteiger partial charge on any atom is 0.0584 e. The minimum atomic E-state index is 0. The second kappa shape index (κ2) is 7.00. The van der Waals surface area contributed by atoms with Crippen molar-refractivity contribution in [2.75, 3.05) is 6.61 Å². The van der Waals surface area contributed by atoms with E-state index in [9.17, 15) is 5.11 Å². The third kappa shape index (κ3) is 3.70. The molecule has 2 N–H and O–H groups in total. The summed E-state index contributed by atoms with van der Waals surface area (Å²) in [4.78, 5) is 0. The Kier molecular flexibility index (Phi) is 5.96. The molecule has 1 aromatic rings. The lowest BCUT2D eigenvalue weighted by Gasteiger charge is -2.28. The van der Waals surface area contributed by atoms with Crippen molar-refractivity contribution in [3.05, 3.63) is 35.4 Å². The zero-order chi connectivity index (χ0) is 11.4. The van der Waals surface area contributed by atoms with Gasteiger partial charge in [0.2, 0.25) is 0 Å². The van der Waals surface area contributed by atoms with Gasteiger partial charge in [0.1, 0.15) is 0 Å². The summed E-state index contributed by atoms with van der Waals surface area (Å²) in [7, 11) is 0. The molecule has 1 aliphatic carbocycles. The van der Waals surface area contributed by atoms with Crippen LogP contribution in [0.25, 0.3) is 0 Å². The highest BCUT2D eigenvalue weighted by Gasteiger charge is 2.19. The smallest absolute Gasteiger partial charge is 0.0584 e. The fourth-order valence-electron chi connectivity index (χ4n) is 2.47. The van der Waals surface area contributed by atoms with E-state index in [0.29, 0.717) is 6.04 Å². The summed E-state index contributed by atoms with van der Waals surface area (Å²) >= 11 is 0. The number of hydrogen-bond acceptors (Lipinski definition) is 2. The molecule has 17 heavy (non-hydrogen) atoms. The van der Waals surface area contributed by atoms with Gasteiger partial charge in [-0.25, -0.2) is 0 Å². The molecule has 1 aromatic carbocycles. The van der Waals surface area contributed by atoms with Crippen LogP contribution in [0.2, 0.25) is 0 Å². The van der Waals surface area contributed by atoms with Crippen LogP contribution in [0.1, 0.15) is 30.9 Å². The third-order valence-electron chi connectivity index (χ3n) is 3.53. The maximum absolute atomic E-state index is 9.19. The molecule has 0 saturated carbocycles. The van der Waals surface area contributed by atoms with Gasteiger partial charge in [0.05, 0.1) is 6.61 Å². The lowest BCUT2D eigenvalue weighted by Crippen LogP contribution is -2.43. The van der Waals surface area contributed by atoms with Crippen molar-refractivity contribution >= 4 is 12.4 Å². The number of fused-ring (bicyclic) bond motifs is 1. The van der Waals surface area contributed by atoms with Crippen LogP contribution in [0, 0.1) is 0 Å². The topological polar surface area (TPSA) is 32.3 Å². The average Bonchev–Trinajstić information content (AvgIpc) is 2.35. The molecule has 0 amide bonds. The van der Waals surface area contributed by atoms with Crippen molar-refractivity contribution < 1.29 is 5.11 Å². The van der Waals surface area contributed by atoms with Crippen LogP contribution < -0.4 is 5.32 Å². The van der Waals surface area contributed by atoms with Crippen LogP contribution >= 0.6 is 12.4 Å². The Morgan fingerprint density at radius 1 is 1.35 bits per heavy atom. The van der Waals surface area contributed by atoms with E-state index in [1.807, 2.05) is 0 Å². The predicted molar refractivity (Wildman–Crippen MR) is 73.8 cm³/mol. The number of nitrogens with one attached hydrogen (secondary N) is 1. The van der Waals surface area contributed by atoms with Crippen molar-refractivity contribution in [1.29, 1.82) is 0 Å². The fraction of sp³-hybridized carbons (Fsp3) is 0.571. The SMILES string of the molecule is CCC(CO)NC1CCc2ccccc2C1.Cl. The van der Waals surface area contributed by atoms with Crippen LogP contribution in [0.15, 0.2) is 24.3 Å². The molecule has 0 radical (unpaired) electrons. The molecule has 0 bridgehead atoms. The van der Waals surface area contributed by atoms with Gasteiger partial charge in [-0.3, -0.25) is 0 Å². The molecule has 2 rings (SSSR count). The van der Waals surface area contributed by atoms with Gasteiger partial charge < -0.3 is 10.4 Å². The number of rotatable bonds is 4. The van der Waals surface area contributed by atoms with Gasteiger partial charge in [0, 0.05) is 12.1 Å². The van der Waals surface area contributed by atoms with Gasteiger partial charge in [0.25, 0.3) is 0 Å². The molecule has 0 aliphatic heterocycles. The summed E-state index contributed by atoms with van der Waals surface area (Å²) in [6, 6.07) is 9.49. The Balaban J connectivity index is 0.00000144. The highest BCUT2D eigenvalue weighted by atomic mass is 35.5. The normalized spacial score (nSPS) is 20.2. The van der Waals surface area contributed by atoms with Crippen molar-refractivity contribution in [3.8, 4) is 0 Å². The van der Waals surface area contributed by atoms with Gasteiger partial charge >= 0.3 is 0 Å². The summed E-state index contributed by atoms with van der Waals surface area (Å²) in [6.45, 7) is 2.36. The Morgan fingerprint density at radius 3 is 2.71 bits per heavy atom. The summed E-state index contributed by atoms with van der Waals surface area (Å²) in [6.07, 6.45) is 4.45. The molecule has 0 aromatic heterocycles. The number of halogens is 1. The Bertz CT molecular complexity index is 339. The van der Waals surface area contributed by atoms with Crippen molar-refractivity contribution in [1.82, 2.24) is 5.32 Å². The molecule has 0 heterocycles. The van der Waals surface area contributed by atoms with Crippen LogP contribution in [0.4, 0.5) is 0 Å². The Hall–Kier alpha value is -0.570. The molecule has 0 saturated heterocycles. The molecular formula is C14H22ClNO. The van der Waals surface area contributed by atoms with Crippen LogP contribution in [-0.2, 0) is 12.8 Å². The van der Waals surface area contributed by atoms with Gasteiger partial charge in [-0.15, -0.1) is 12.4 Å². The van der Waals surface area contributed by atoms with E-state index in [1.54, 1.807) is 0 Å². The molecule has 1 aliphatic rings. The standard InChI is InChI=1S/C14H21NO.ClH/c1-2-13(10-16)15-14-8-7-11-5-3-4-6-12(11)9-14;/h3-6,13-16H,2,7-10H2,1H3;1H. The average molecular weight is 256 g/mol. The van der Waals surface area contributed by atoms with Crippen molar-refractivity contribution in [3.63, 3.8) is 0 Å². The largest absolute Gasteiger partial charge is 0.395 e. The maximum atomic E-state index is 9.19. The van der Waals surface area contributed by atoms with Crippen molar-refractivity contribution in [2.45, 2.75) is 44.7 Å². The van der Waals surface area contributed by atoms with Crippen LogP contribution in [0.5, 0.6) is 0 Å². The summed E-state index contributed by atoms with van der Waals surface area (Å²) < 4.78 is 0. The van der Waals surface area contributed by atoms with E-state index in [2.05, 4.69) is 36.5 Å². The number of aliphatic hydroxyl groups excluding tert-OH is 1. The first kappa shape index (κ1) is 14.5. The summed E-state index contributed by atoms with van der Waals surface area (Å²) in [5.74, 6) is 0. The quantitative estimate of drug-likeness (QED) is 0.866. The highest BCUT2D eigenvalue weighted by molar-refractivity contribution is 5.85. The van der Waals surface area contributed by atoms with Gasteiger partial charge in [-0.2, -0.15) is 0 Å². The molecule has 2 unspecified atom stereocenters. The van der Waals surface area contributed by atoms with Crippen LogP contribution in [-0.4, -0.2) is 23.8 Å². The van der Waals surface area contributed by atoms with Gasteiger partial charge in [-0.1, -0.05) is 31.2 Å². The van der Waals surface area contributed by atoms with Crippen LogP contribution in [0.3, 0.4) is 0 Å². The Labute approximate surface area is 110 Å². The zero-order valence-corrected chi connectivity index (χ0v) is 11.2. The van der Waals surface area contributed by atoms with Crippen molar-refractivity contribution in [2.24, 2.45) is 0 Å². The molecule has 0 spiro atoms. The molecule has 3 heteroatoms. The van der Waals surface area contributed by atoms with Gasteiger partial charge in [0.15, 0.2) is 0 Å². The predicted octanol–water partition coefficient (Wildman–Crippen LogP) is 2.33. The molecule has 2 nitrogen and oxygen atoms in total. The number of benzene rings is 1. The number of hydrogen-bond donors (Lipinski definition) is 2. The Morgan fingerprint density at radius 2 is 2.06 bits per heavy atom. The first-order valence-electron chi connectivity index (χ1n) is 6.27. The molecule has 0 fully saturated rings. The first-order valence-corrected chi connectivity index (χ1v) is 6.27. The van der Waals surface area contributed by atoms with Gasteiger partial charge in [-0.05, 0) is 36.8 Å². The van der Waals surface area contributed by atoms with E-state index in [0.717, 1.165) is 19.3 Å². The fourth-order valence-corrected chi connectivity index (χ4v) is 2.47. The number of aryl methyl sites for hydroxylation is 1. The van der Waals surface area contributed by atoms with E-state index in [1.165, 1.54) is 17.5 Å². The van der Waals surface area contributed by atoms with E-state index < -0.39 is 0 Å². The minimum Gasteiger partial charge on any atom is -0.395 e. The minimum absolute atomic E-state index is 0. The van der Waals surface area contributed by atoms with E-state index in [-0.39, 0.29) is 25.1 Å². The lowest BCUT2D eigenvalue weighted by molar-refractivity contribution is 0.223. The van der Waals surface area contributed by atoms with E-state index in [4.69, 9.17) is 0 Å². The zero-order valence-electron chi connectivity index (χ0n) is 10.4. The molecule has 2 atom stereocenters. The van der Waals surface area contributed by atoms with E-state index >= 15 is 0 Å².